The molecule has 2 heterocycles. The van der Waals surface area contributed by atoms with Gasteiger partial charge in [0.2, 0.25) is 0 Å². The van der Waals surface area contributed by atoms with E-state index in [1.54, 1.807) is 17.2 Å². The fourth-order valence-corrected chi connectivity index (χ4v) is 4.24. The van der Waals surface area contributed by atoms with Crippen LogP contribution in [0.1, 0.15) is 12.0 Å². The number of halogens is 1. The second-order valence-electron chi connectivity index (χ2n) is 4.82. The van der Waals surface area contributed by atoms with E-state index in [4.69, 9.17) is 16.7 Å². The van der Waals surface area contributed by atoms with Crippen molar-refractivity contribution in [3.8, 4) is 0 Å². The minimum absolute atomic E-state index is 0.00296. The molecule has 1 fully saturated rings. The monoisotopic (exact) mass is 318 g/mol. The lowest BCUT2D eigenvalue weighted by molar-refractivity contribution is -0.139. The molecular formula is C12H15ClN2O4S. The molecule has 8 heteroatoms. The van der Waals surface area contributed by atoms with Gasteiger partial charge in [-0.05, 0) is 18.1 Å². The van der Waals surface area contributed by atoms with Gasteiger partial charge in [0.15, 0.2) is 9.84 Å². The lowest BCUT2D eigenvalue weighted by Gasteiger charge is -2.26. The molecule has 0 saturated carbocycles. The van der Waals surface area contributed by atoms with Gasteiger partial charge in [0.25, 0.3) is 0 Å². The Morgan fingerprint density at radius 3 is 2.85 bits per heavy atom. The zero-order valence-corrected chi connectivity index (χ0v) is 12.3. The maximum absolute atomic E-state index is 11.5. The van der Waals surface area contributed by atoms with Crippen molar-refractivity contribution in [1.29, 1.82) is 0 Å². The third-order valence-electron chi connectivity index (χ3n) is 3.29. The molecule has 1 saturated heterocycles. The second kappa shape index (κ2) is 6.07. The van der Waals surface area contributed by atoms with Gasteiger partial charge in [0, 0.05) is 25.0 Å². The van der Waals surface area contributed by atoms with Gasteiger partial charge in [-0.1, -0.05) is 11.6 Å². The van der Waals surface area contributed by atoms with Crippen molar-refractivity contribution in [1.82, 2.24) is 9.88 Å². The van der Waals surface area contributed by atoms with Crippen molar-refractivity contribution < 1.29 is 18.3 Å². The summed E-state index contributed by atoms with van der Waals surface area (Å²) in [5.41, 5.74) is 0.743. The molecule has 0 radical (unpaired) electrons. The van der Waals surface area contributed by atoms with E-state index in [-0.39, 0.29) is 24.1 Å². The molecule has 1 aromatic heterocycles. The number of hydrogen-bond donors (Lipinski definition) is 1. The highest BCUT2D eigenvalue weighted by Crippen LogP contribution is 2.22. The maximum Gasteiger partial charge on any atom is 0.317 e. The number of sulfone groups is 1. The van der Waals surface area contributed by atoms with Crippen LogP contribution in [0.15, 0.2) is 18.5 Å². The van der Waals surface area contributed by atoms with Crippen LogP contribution in [0.5, 0.6) is 0 Å². The van der Waals surface area contributed by atoms with E-state index in [9.17, 15) is 13.2 Å². The van der Waals surface area contributed by atoms with Crippen molar-refractivity contribution in [2.45, 2.75) is 19.0 Å². The predicted octanol–water partition coefficient (Wildman–Crippen LogP) is 0.809. The van der Waals surface area contributed by atoms with Crippen LogP contribution < -0.4 is 0 Å². The Labute approximate surface area is 122 Å². The second-order valence-corrected chi connectivity index (χ2v) is 7.46. The Hall–Kier alpha value is -1.18. The number of aromatic nitrogens is 1. The normalized spacial score (nSPS) is 21.2. The number of carbonyl (C=O) groups is 1. The first-order valence-corrected chi connectivity index (χ1v) is 8.32. The van der Waals surface area contributed by atoms with Gasteiger partial charge in [-0.2, -0.15) is 0 Å². The zero-order valence-electron chi connectivity index (χ0n) is 10.7. The average molecular weight is 319 g/mol. The van der Waals surface area contributed by atoms with Gasteiger partial charge >= 0.3 is 5.97 Å². The number of carboxylic acids is 1. The van der Waals surface area contributed by atoms with Crippen LogP contribution in [0.25, 0.3) is 0 Å². The maximum atomic E-state index is 11.5. The van der Waals surface area contributed by atoms with Crippen molar-refractivity contribution >= 4 is 27.4 Å². The van der Waals surface area contributed by atoms with Crippen LogP contribution >= 0.6 is 11.6 Å². The summed E-state index contributed by atoms with van der Waals surface area (Å²) in [4.78, 5) is 16.5. The molecule has 1 aliphatic rings. The highest BCUT2D eigenvalue weighted by atomic mass is 35.5. The third kappa shape index (κ3) is 3.91. The molecule has 1 aromatic rings. The van der Waals surface area contributed by atoms with Gasteiger partial charge in [-0.15, -0.1) is 0 Å². The van der Waals surface area contributed by atoms with Gasteiger partial charge < -0.3 is 5.11 Å². The van der Waals surface area contributed by atoms with Crippen molar-refractivity contribution in [3.63, 3.8) is 0 Å². The molecule has 1 atom stereocenters. The third-order valence-corrected chi connectivity index (χ3v) is 5.38. The molecule has 20 heavy (non-hydrogen) atoms. The number of rotatable bonds is 5. The first-order valence-electron chi connectivity index (χ1n) is 6.12. The van der Waals surface area contributed by atoms with Gasteiger partial charge in [0.05, 0.1) is 23.1 Å². The summed E-state index contributed by atoms with van der Waals surface area (Å²) >= 11 is 6.01. The molecule has 0 aromatic carbocycles. The van der Waals surface area contributed by atoms with Crippen LogP contribution in [-0.2, 0) is 21.2 Å². The highest BCUT2D eigenvalue weighted by Gasteiger charge is 2.33. The molecule has 1 N–H and O–H groups in total. The minimum Gasteiger partial charge on any atom is -0.480 e. The average Bonchev–Trinajstić information content (AvgIpc) is 2.71. The van der Waals surface area contributed by atoms with E-state index in [0.29, 0.717) is 18.0 Å². The van der Waals surface area contributed by atoms with Crippen LogP contribution in [0.2, 0.25) is 5.02 Å². The van der Waals surface area contributed by atoms with E-state index >= 15 is 0 Å². The highest BCUT2D eigenvalue weighted by molar-refractivity contribution is 7.91. The molecular weight excluding hydrogens is 304 g/mol. The van der Waals surface area contributed by atoms with Gasteiger partial charge in [-0.25, -0.2) is 8.42 Å². The lowest BCUT2D eigenvalue weighted by Crippen LogP contribution is -2.39. The Balaban J connectivity index is 2.16. The van der Waals surface area contributed by atoms with E-state index < -0.39 is 15.8 Å². The van der Waals surface area contributed by atoms with E-state index in [2.05, 4.69) is 4.98 Å². The summed E-state index contributed by atoms with van der Waals surface area (Å²) in [7, 11) is -3.06. The van der Waals surface area contributed by atoms with Gasteiger partial charge in [0.1, 0.15) is 0 Å². The van der Waals surface area contributed by atoms with Gasteiger partial charge in [-0.3, -0.25) is 14.7 Å². The number of carboxylic acid groups (broad SMARTS) is 1. The SMILES string of the molecule is O=C(O)CN(Cc1ccncc1Cl)C1CCS(=O)(=O)C1. The van der Waals surface area contributed by atoms with Crippen LogP contribution in [0.4, 0.5) is 0 Å². The first-order chi connectivity index (χ1) is 9.37. The van der Waals surface area contributed by atoms with E-state index in [1.807, 2.05) is 0 Å². The summed E-state index contributed by atoms with van der Waals surface area (Å²) in [6, 6.07) is 1.43. The quantitative estimate of drug-likeness (QED) is 0.864. The van der Waals surface area contributed by atoms with Crippen LogP contribution in [-0.4, -0.2) is 53.5 Å². The lowest BCUT2D eigenvalue weighted by atomic mass is 10.1. The smallest absolute Gasteiger partial charge is 0.317 e. The molecule has 0 aliphatic carbocycles. The summed E-state index contributed by atoms with van der Waals surface area (Å²) in [5.74, 6) is -0.875. The van der Waals surface area contributed by atoms with Crippen molar-refractivity contribution in [3.05, 3.63) is 29.0 Å². The number of aliphatic carboxylic acids is 1. The summed E-state index contributed by atoms with van der Waals surface area (Å²) in [6.07, 6.45) is 3.52. The number of hydrogen-bond acceptors (Lipinski definition) is 5. The number of nitrogens with zero attached hydrogens (tertiary/aromatic N) is 2. The molecule has 6 nitrogen and oxygen atoms in total. The van der Waals surface area contributed by atoms with Crippen molar-refractivity contribution in [2.75, 3.05) is 18.1 Å². The summed E-state index contributed by atoms with van der Waals surface area (Å²) in [5, 5.41) is 9.43. The molecule has 110 valence electrons. The molecule has 2 rings (SSSR count). The number of pyridine rings is 1. The summed E-state index contributed by atoms with van der Waals surface area (Å²) in [6.45, 7) is 0.0900. The molecule has 0 amide bonds. The Morgan fingerprint density at radius 1 is 1.55 bits per heavy atom. The summed E-state index contributed by atoms with van der Waals surface area (Å²) < 4.78 is 23.1. The standard InChI is InChI=1S/C12H15ClN2O4S/c13-11-5-14-3-1-9(11)6-15(7-12(16)17)10-2-4-20(18,19)8-10/h1,3,5,10H,2,4,6-8H2,(H,16,17). The van der Waals surface area contributed by atoms with E-state index in [0.717, 1.165) is 5.56 Å². The molecule has 1 unspecified atom stereocenters. The Morgan fingerprint density at radius 2 is 2.30 bits per heavy atom. The van der Waals surface area contributed by atoms with Crippen LogP contribution in [0, 0.1) is 0 Å². The molecule has 0 spiro atoms. The predicted molar refractivity (Wildman–Crippen MR) is 74.4 cm³/mol. The largest absolute Gasteiger partial charge is 0.480 e. The fraction of sp³-hybridized carbons (Fsp3) is 0.500. The zero-order chi connectivity index (χ0) is 14.8. The first kappa shape index (κ1) is 15.2. The Kier molecular flexibility index (Phi) is 4.62. The Bertz CT molecular complexity index is 605. The fourth-order valence-electron chi connectivity index (χ4n) is 2.30. The van der Waals surface area contributed by atoms with Crippen LogP contribution in [0.3, 0.4) is 0 Å². The minimum atomic E-state index is -3.06. The molecule has 1 aliphatic heterocycles. The molecule has 0 bridgehead atoms. The topological polar surface area (TPSA) is 87.6 Å². The van der Waals surface area contributed by atoms with E-state index in [1.165, 1.54) is 6.20 Å². The van der Waals surface area contributed by atoms with Crippen molar-refractivity contribution in [2.24, 2.45) is 0 Å².